The minimum Gasteiger partial charge on any atom is -0.481 e. The Balaban J connectivity index is 1.68. The second-order valence-electron chi connectivity index (χ2n) is 9.76. The van der Waals surface area contributed by atoms with Gasteiger partial charge in [0, 0.05) is 43.8 Å². The summed E-state index contributed by atoms with van der Waals surface area (Å²) in [5.74, 6) is 3.44. The van der Waals surface area contributed by atoms with Crippen LogP contribution in [0.3, 0.4) is 0 Å². The normalized spacial score (nSPS) is 24.3. The molecule has 0 spiro atoms. The number of imidazole rings is 1. The van der Waals surface area contributed by atoms with E-state index in [2.05, 4.69) is 37.8 Å². The Morgan fingerprint density at radius 2 is 2.18 bits per heavy atom. The van der Waals surface area contributed by atoms with Crippen LogP contribution >= 0.6 is 11.3 Å². The third-order valence-electron chi connectivity index (χ3n) is 7.34. The van der Waals surface area contributed by atoms with E-state index < -0.39 is 29.1 Å². The SMILES string of the molecule is CCNC(=O)NC1(C2CNCCC2(C)C(=O)O)N=CC=CN1c1cc(C#Cc2cncn2C)c2scnc2c1. The van der Waals surface area contributed by atoms with Gasteiger partial charge < -0.3 is 25.2 Å². The molecule has 4 heterocycles. The lowest BCUT2D eigenvalue weighted by Gasteiger charge is -2.52. The van der Waals surface area contributed by atoms with E-state index >= 15 is 0 Å². The van der Waals surface area contributed by atoms with Crippen molar-refractivity contribution < 1.29 is 14.7 Å². The number of nitrogens with zero attached hydrogens (tertiary/aromatic N) is 5. The topological polar surface area (TPSA) is 137 Å². The number of hydrogen-bond acceptors (Lipinski definition) is 8. The number of benzene rings is 1. The Hall–Kier alpha value is -4.21. The molecule has 0 aliphatic carbocycles. The molecule has 3 atom stereocenters. The van der Waals surface area contributed by atoms with Crippen LogP contribution in [0.25, 0.3) is 10.2 Å². The molecule has 1 saturated heterocycles. The third-order valence-corrected chi connectivity index (χ3v) is 8.22. The maximum atomic E-state index is 13.1. The number of urea groups is 1. The molecule has 2 aliphatic rings. The zero-order chi connectivity index (χ0) is 27.6. The summed E-state index contributed by atoms with van der Waals surface area (Å²) in [7, 11) is 1.88. The summed E-state index contributed by atoms with van der Waals surface area (Å²) in [6.45, 7) is 4.83. The lowest BCUT2D eigenvalue weighted by molar-refractivity contribution is -0.155. The van der Waals surface area contributed by atoms with Crippen LogP contribution in [0.5, 0.6) is 0 Å². The van der Waals surface area contributed by atoms with Gasteiger partial charge >= 0.3 is 12.0 Å². The molecule has 2 amide bonds. The Morgan fingerprint density at radius 3 is 2.92 bits per heavy atom. The molecule has 3 unspecified atom stereocenters. The highest BCUT2D eigenvalue weighted by Crippen LogP contribution is 2.45. The maximum Gasteiger partial charge on any atom is 0.318 e. The molecule has 3 aromatic rings. The zero-order valence-electron chi connectivity index (χ0n) is 21.9. The second kappa shape index (κ2) is 10.5. The van der Waals surface area contributed by atoms with E-state index in [1.54, 1.807) is 37.2 Å². The van der Waals surface area contributed by atoms with Gasteiger partial charge in [-0.3, -0.25) is 10.1 Å². The number of aryl methyl sites for hydroxylation is 1. The molecule has 1 aromatic carbocycles. The quantitative estimate of drug-likeness (QED) is 0.361. The van der Waals surface area contributed by atoms with Crippen LogP contribution in [-0.2, 0) is 11.8 Å². The number of carboxylic acid groups (broad SMARTS) is 1. The molecular formula is C27H30N8O3S. The number of piperidine rings is 1. The third kappa shape index (κ3) is 4.75. The van der Waals surface area contributed by atoms with Crippen molar-refractivity contribution in [3.8, 4) is 11.8 Å². The largest absolute Gasteiger partial charge is 0.481 e. The van der Waals surface area contributed by atoms with Gasteiger partial charge in [-0.2, -0.15) is 0 Å². The van der Waals surface area contributed by atoms with Crippen molar-refractivity contribution in [2.45, 2.75) is 26.1 Å². The fourth-order valence-corrected chi connectivity index (χ4v) is 5.92. The van der Waals surface area contributed by atoms with Gasteiger partial charge in [0.1, 0.15) is 5.69 Å². The molecule has 12 heteroatoms. The number of carbonyl (C=O) groups is 2. The average Bonchev–Trinajstić information content (AvgIpc) is 3.56. The first-order valence-corrected chi connectivity index (χ1v) is 13.5. The molecule has 2 aromatic heterocycles. The van der Waals surface area contributed by atoms with Crippen molar-refractivity contribution >= 4 is 45.5 Å². The van der Waals surface area contributed by atoms with Crippen LogP contribution in [0.4, 0.5) is 10.5 Å². The summed E-state index contributed by atoms with van der Waals surface area (Å²) in [4.78, 5) is 41.1. The number of rotatable bonds is 5. The predicted molar refractivity (Wildman–Crippen MR) is 151 cm³/mol. The first-order chi connectivity index (χ1) is 18.8. The number of nitrogens with one attached hydrogen (secondary N) is 3. The van der Waals surface area contributed by atoms with Gasteiger partial charge in [0.15, 0.2) is 0 Å². The number of fused-ring (bicyclic) bond motifs is 1. The average molecular weight is 547 g/mol. The van der Waals surface area contributed by atoms with E-state index in [1.807, 2.05) is 41.8 Å². The number of hydrogen-bond donors (Lipinski definition) is 4. The Kier molecular flexibility index (Phi) is 7.12. The molecule has 0 bridgehead atoms. The van der Waals surface area contributed by atoms with Crippen LogP contribution in [0.15, 0.2) is 47.4 Å². The first-order valence-electron chi connectivity index (χ1n) is 12.7. The fourth-order valence-electron chi connectivity index (χ4n) is 5.18. The Bertz CT molecular complexity index is 1530. The van der Waals surface area contributed by atoms with Crippen LogP contribution in [0, 0.1) is 23.2 Å². The molecule has 202 valence electrons. The van der Waals surface area contributed by atoms with Crippen molar-refractivity contribution in [1.82, 2.24) is 30.5 Å². The van der Waals surface area contributed by atoms with E-state index in [4.69, 9.17) is 4.99 Å². The van der Waals surface area contributed by atoms with Crippen LogP contribution < -0.4 is 20.9 Å². The summed E-state index contributed by atoms with van der Waals surface area (Å²) in [6, 6.07) is 3.39. The van der Waals surface area contributed by atoms with Crippen LogP contribution in [0.2, 0.25) is 0 Å². The Labute approximate surface area is 230 Å². The molecule has 0 radical (unpaired) electrons. The number of aliphatic carboxylic acids is 1. The van der Waals surface area contributed by atoms with Crippen LogP contribution in [-0.4, -0.2) is 63.3 Å². The van der Waals surface area contributed by atoms with Gasteiger partial charge in [0.25, 0.3) is 0 Å². The highest BCUT2D eigenvalue weighted by Gasteiger charge is 2.57. The van der Waals surface area contributed by atoms with E-state index in [9.17, 15) is 14.7 Å². The van der Waals surface area contributed by atoms with Gasteiger partial charge in [-0.1, -0.05) is 5.92 Å². The van der Waals surface area contributed by atoms with Crippen LogP contribution in [0.1, 0.15) is 31.5 Å². The maximum absolute atomic E-state index is 13.1. The summed E-state index contributed by atoms with van der Waals surface area (Å²) < 4.78 is 2.77. The number of carbonyl (C=O) groups excluding carboxylic acids is 1. The number of aliphatic imine (C=N–C) groups is 1. The number of aromatic nitrogens is 3. The van der Waals surface area contributed by atoms with E-state index in [1.165, 1.54) is 11.3 Å². The predicted octanol–water partition coefficient (Wildman–Crippen LogP) is 2.51. The molecular weight excluding hydrogens is 516 g/mol. The molecule has 11 nitrogen and oxygen atoms in total. The summed E-state index contributed by atoms with van der Waals surface area (Å²) in [6.07, 6.45) is 8.95. The lowest BCUT2D eigenvalue weighted by Crippen LogP contribution is -2.71. The molecule has 1 fully saturated rings. The van der Waals surface area contributed by atoms with E-state index in [-0.39, 0.29) is 0 Å². The van der Waals surface area contributed by atoms with Crippen molar-refractivity contribution in [3.63, 3.8) is 0 Å². The zero-order valence-corrected chi connectivity index (χ0v) is 22.7. The summed E-state index contributed by atoms with van der Waals surface area (Å²) in [5.41, 5.74) is 3.52. The van der Waals surface area contributed by atoms with E-state index in [0.29, 0.717) is 31.7 Å². The van der Waals surface area contributed by atoms with Gasteiger partial charge in [-0.05, 0) is 50.9 Å². The smallest absolute Gasteiger partial charge is 0.318 e. The Morgan fingerprint density at radius 1 is 1.33 bits per heavy atom. The number of anilines is 1. The molecule has 5 rings (SSSR count). The first kappa shape index (κ1) is 26.4. The van der Waals surface area contributed by atoms with Gasteiger partial charge in [0.05, 0.1) is 39.6 Å². The number of allylic oxidation sites excluding steroid dienone is 1. The van der Waals surface area contributed by atoms with Gasteiger partial charge in [-0.15, -0.1) is 11.3 Å². The van der Waals surface area contributed by atoms with Crippen molar-refractivity contribution in [1.29, 1.82) is 0 Å². The number of carboxylic acids is 1. The van der Waals surface area contributed by atoms with E-state index in [0.717, 1.165) is 21.5 Å². The number of thiazole rings is 1. The van der Waals surface area contributed by atoms with Crippen molar-refractivity contribution in [2.24, 2.45) is 23.4 Å². The van der Waals surface area contributed by atoms with Crippen molar-refractivity contribution in [3.05, 3.63) is 53.7 Å². The minimum absolute atomic E-state index is 0.336. The fraction of sp³-hybridized carbons (Fsp3) is 0.370. The molecule has 4 N–H and O–H groups in total. The minimum atomic E-state index is -1.44. The molecule has 39 heavy (non-hydrogen) atoms. The summed E-state index contributed by atoms with van der Waals surface area (Å²) >= 11 is 1.49. The lowest BCUT2D eigenvalue weighted by atomic mass is 9.68. The van der Waals surface area contributed by atoms with Gasteiger partial charge in [-0.25, -0.2) is 19.8 Å². The standard InChI is InChI=1S/C27H30N8O3S/c1-4-30-25(38)33-27(22-15-28-10-8-26(22,2)24(36)37)32-9-5-11-35(27)20-12-18(23-21(13-20)31-17-39-23)6-7-19-14-29-16-34(19)3/h5,9,11-14,16-17,22,28H,4,8,10,15H2,1-3H3,(H,36,37)(H2,30,33,38). The monoisotopic (exact) mass is 546 g/mol. The number of amides is 2. The summed E-state index contributed by atoms with van der Waals surface area (Å²) in [5, 5.41) is 19.5. The highest BCUT2D eigenvalue weighted by atomic mass is 32.1. The van der Waals surface area contributed by atoms with Gasteiger partial charge in [0.2, 0.25) is 5.79 Å². The highest BCUT2D eigenvalue weighted by molar-refractivity contribution is 7.17. The van der Waals surface area contributed by atoms with Crippen molar-refractivity contribution in [2.75, 3.05) is 24.5 Å². The second-order valence-corrected chi connectivity index (χ2v) is 10.6. The molecule has 2 aliphatic heterocycles. The molecule has 0 saturated carbocycles.